The average molecular weight is 1080 g/mol. The van der Waals surface area contributed by atoms with Gasteiger partial charge in [0.1, 0.15) is 30.1 Å². The summed E-state index contributed by atoms with van der Waals surface area (Å²) in [5.74, 6) is -7.90. The van der Waals surface area contributed by atoms with Crippen LogP contribution in [0.2, 0.25) is 0 Å². The Morgan fingerprint density at radius 2 is 1.53 bits per heavy atom. The first-order chi connectivity index (χ1) is 36.7. The van der Waals surface area contributed by atoms with Crippen molar-refractivity contribution in [2.45, 2.75) is 180 Å². The maximum absolute atomic E-state index is 14.7. The number of ketones is 3. The minimum Gasteiger partial charge on any atom is -0.460 e. The van der Waals surface area contributed by atoms with Crippen LogP contribution in [-0.2, 0) is 57.1 Å². The molecule has 0 radical (unpaired) electrons. The molecule has 4 fully saturated rings. The number of amides is 1. The molecule has 77 heavy (non-hydrogen) atoms. The predicted molar refractivity (Wildman–Crippen MR) is 294 cm³/mol. The molecule has 1 saturated carbocycles. The van der Waals surface area contributed by atoms with Crippen LogP contribution in [0.15, 0.2) is 47.6 Å². The highest BCUT2D eigenvalue weighted by atomic mass is 16.6. The number of piperazine rings is 1. The van der Waals surface area contributed by atoms with Crippen molar-refractivity contribution in [3.63, 3.8) is 0 Å². The molecule has 4 aliphatic heterocycles. The van der Waals surface area contributed by atoms with Crippen LogP contribution in [0.3, 0.4) is 0 Å². The van der Waals surface area contributed by atoms with E-state index < -0.39 is 77.8 Å². The first-order valence-electron chi connectivity index (χ1n) is 28.8. The Morgan fingerprint density at radius 3 is 2.23 bits per heavy atom. The summed E-state index contributed by atoms with van der Waals surface area (Å²) >= 11 is 0. The predicted octanol–water partition coefficient (Wildman–Crippen LogP) is 6.47. The fraction of sp³-hybridized carbons (Fsp3) is 0.783. The van der Waals surface area contributed by atoms with Gasteiger partial charge < -0.3 is 53.2 Å². The third-order valence-electron chi connectivity index (χ3n) is 17.1. The van der Waals surface area contributed by atoms with Gasteiger partial charge >= 0.3 is 5.97 Å². The van der Waals surface area contributed by atoms with Gasteiger partial charge in [-0.25, -0.2) is 4.79 Å². The maximum atomic E-state index is 14.7. The molecule has 4 heterocycles. The van der Waals surface area contributed by atoms with Crippen molar-refractivity contribution in [1.29, 1.82) is 0 Å². The van der Waals surface area contributed by atoms with E-state index in [2.05, 4.69) is 16.8 Å². The van der Waals surface area contributed by atoms with Crippen molar-refractivity contribution in [1.82, 2.24) is 14.7 Å². The summed E-state index contributed by atoms with van der Waals surface area (Å²) in [6.07, 6.45) is 12.4. The topological polar surface area (TPSA) is 200 Å². The van der Waals surface area contributed by atoms with Gasteiger partial charge in [-0.2, -0.15) is 0 Å². The van der Waals surface area contributed by atoms with Gasteiger partial charge in [0.15, 0.2) is 5.78 Å². The molecule has 1 aliphatic carbocycles. The molecule has 15 atom stereocenters. The molecule has 17 heteroatoms. The van der Waals surface area contributed by atoms with E-state index in [1.165, 1.54) is 12.0 Å². The molecule has 2 bridgehead atoms. The lowest BCUT2D eigenvalue weighted by Gasteiger charge is -2.43. The van der Waals surface area contributed by atoms with Crippen molar-refractivity contribution in [3.8, 4) is 0 Å². The van der Waals surface area contributed by atoms with Crippen molar-refractivity contribution in [2.75, 3.05) is 87.5 Å². The van der Waals surface area contributed by atoms with Gasteiger partial charge in [0.25, 0.3) is 11.7 Å². The van der Waals surface area contributed by atoms with Gasteiger partial charge in [0.2, 0.25) is 5.79 Å². The molecule has 436 valence electrons. The molecule has 3 saturated heterocycles. The van der Waals surface area contributed by atoms with Crippen LogP contribution in [0.25, 0.3) is 0 Å². The second-order valence-electron chi connectivity index (χ2n) is 23.2. The number of allylic oxidation sites excluding steroid dienone is 6. The van der Waals surface area contributed by atoms with Gasteiger partial charge in [-0.3, -0.25) is 24.1 Å². The molecule has 5 rings (SSSR count). The van der Waals surface area contributed by atoms with Crippen LogP contribution in [0, 0.1) is 35.5 Å². The Balaban J connectivity index is 1.42. The van der Waals surface area contributed by atoms with E-state index in [0.29, 0.717) is 57.3 Å². The fourth-order valence-corrected chi connectivity index (χ4v) is 11.9. The zero-order valence-electron chi connectivity index (χ0n) is 48.5. The van der Waals surface area contributed by atoms with Crippen molar-refractivity contribution < 1.29 is 67.3 Å². The monoisotopic (exact) mass is 1080 g/mol. The fourth-order valence-electron chi connectivity index (χ4n) is 11.9. The first-order valence-corrected chi connectivity index (χ1v) is 28.8. The number of esters is 1. The van der Waals surface area contributed by atoms with E-state index in [9.17, 15) is 34.2 Å². The van der Waals surface area contributed by atoms with Gasteiger partial charge in [-0.1, -0.05) is 71.1 Å². The zero-order valence-corrected chi connectivity index (χ0v) is 48.5. The number of aliphatic hydroxyl groups is 2. The largest absolute Gasteiger partial charge is 0.460 e. The SMILES string of the molecule is COCCOC1C[C@@H]2CC[C@@H](C)[C@@](O)(O2)C(=O)C(=O)N2CCCCC2C(=O)O[C@H]([C@H](C)C[C@@H]2CC[C@@H](OCCN3CCN(C)CC3)[C@H](OC)C2)CC(=O)[C@H](C)/C=C(\C)[C@@H](O)[C@@H](OC)C(=O)[C@H](C)C[C@H](C)/C=C/C=C/C=C/1C. The molecular formula is C60H97N3O14. The minimum atomic E-state index is -2.46. The summed E-state index contributed by atoms with van der Waals surface area (Å²) in [5, 5.41) is 23.7. The summed E-state index contributed by atoms with van der Waals surface area (Å²) in [6, 6.07) is -1.14. The lowest BCUT2D eigenvalue weighted by molar-refractivity contribution is -0.266. The molecule has 2 N–H and O–H groups in total. The average Bonchev–Trinajstić information content (AvgIpc) is 3.42. The van der Waals surface area contributed by atoms with E-state index in [4.69, 9.17) is 33.2 Å². The van der Waals surface area contributed by atoms with Crippen molar-refractivity contribution in [3.05, 3.63) is 47.6 Å². The smallest absolute Gasteiger partial charge is 0.329 e. The van der Waals surface area contributed by atoms with Gasteiger partial charge in [-0.05, 0) is 114 Å². The molecule has 0 spiro atoms. The maximum Gasteiger partial charge on any atom is 0.329 e. The van der Waals surface area contributed by atoms with E-state index in [0.717, 1.165) is 57.6 Å². The van der Waals surface area contributed by atoms with E-state index in [-0.39, 0.29) is 73.9 Å². The highest BCUT2D eigenvalue weighted by Crippen LogP contribution is 2.38. The van der Waals surface area contributed by atoms with E-state index in [1.54, 1.807) is 41.1 Å². The molecule has 5 aliphatic rings. The summed E-state index contributed by atoms with van der Waals surface area (Å²) in [5.41, 5.74) is 1.26. The summed E-state index contributed by atoms with van der Waals surface area (Å²) in [4.78, 5) is 77.9. The van der Waals surface area contributed by atoms with Gasteiger partial charge in [-0.15, -0.1) is 0 Å². The Morgan fingerprint density at radius 1 is 0.792 bits per heavy atom. The zero-order chi connectivity index (χ0) is 56.4. The highest BCUT2D eigenvalue weighted by Gasteiger charge is 2.53. The number of carbonyl (C=O) groups excluding carboxylic acids is 5. The number of nitrogens with zero attached hydrogens (tertiary/aromatic N) is 3. The van der Waals surface area contributed by atoms with Gasteiger partial charge in [0.05, 0.1) is 44.2 Å². The van der Waals surface area contributed by atoms with E-state index in [1.807, 2.05) is 58.1 Å². The van der Waals surface area contributed by atoms with Crippen molar-refractivity contribution >= 4 is 29.2 Å². The first kappa shape index (κ1) is 64.3. The normalized spacial score (nSPS) is 37.7. The minimum absolute atomic E-state index is 0.00543. The molecule has 0 aromatic rings. The van der Waals surface area contributed by atoms with E-state index >= 15 is 0 Å². The molecular weight excluding hydrogens is 987 g/mol. The number of carbonyl (C=O) groups is 5. The summed E-state index contributed by atoms with van der Waals surface area (Å²) in [6.45, 7) is 19.1. The number of cyclic esters (lactones) is 1. The third kappa shape index (κ3) is 18.5. The molecule has 0 aromatic carbocycles. The van der Waals surface area contributed by atoms with Crippen LogP contribution in [0.4, 0.5) is 0 Å². The summed E-state index contributed by atoms with van der Waals surface area (Å²) < 4.78 is 42.3. The number of rotatable bonds is 13. The Kier molecular flexibility index (Phi) is 26.3. The second-order valence-corrected chi connectivity index (χ2v) is 23.2. The Bertz CT molecular complexity index is 2040. The molecule has 17 nitrogen and oxygen atoms in total. The van der Waals surface area contributed by atoms with Crippen molar-refractivity contribution in [2.24, 2.45) is 35.5 Å². The number of piperidine rings is 1. The molecule has 2 unspecified atom stereocenters. The standard InChI is InChI=1S/C60H97N3O14/c1-39-17-13-12-14-18-40(2)51(75-32-31-71-9)37-47-22-20-45(7)60(70,77-47)57(67)58(68)63-24-16-15-19-48(63)59(69)76-52(38-49(64)41(3)34-44(6)55(66)56(73-11)54(65)43(5)33-39)42(4)35-46-21-23-50(53(36-46)72-10)74-30-29-62-27-25-61(8)26-28-62/h12-14,17-18,34,39,41-43,45-48,50-53,55-56,66,70H,15-16,19-33,35-38H2,1-11H3/b14-12+,17-13+,40-18+,44-34+/t39-,41-,42-,43-,45-,46+,47+,48?,50-,51?,52+,53-,55-,56+,60-/m1/s1. The van der Waals surface area contributed by atoms with Gasteiger partial charge in [0, 0.05) is 91.2 Å². The number of aliphatic hydroxyl groups excluding tert-OH is 1. The number of methoxy groups -OCH3 is 3. The lowest BCUT2D eigenvalue weighted by atomic mass is 9.78. The van der Waals surface area contributed by atoms with Crippen LogP contribution in [-0.4, -0.2) is 196 Å². The number of hydrogen-bond donors (Lipinski definition) is 2. The number of likely N-dealkylation sites (N-methyl/N-ethyl adjacent to an activating group) is 1. The number of fused-ring (bicyclic) bond motifs is 3. The third-order valence-corrected chi connectivity index (χ3v) is 17.1. The number of ether oxygens (including phenoxy) is 7. The summed E-state index contributed by atoms with van der Waals surface area (Å²) in [7, 11) is 6.83. The number of Topliss-reactive ketones (excluding diaryl/α,β-unsaturated/α-hetero) is 3. The Labute approximate surface area is 460 Å². The van der Waals surface area contributed by atoms with Crippen LogP contribution in [0.1, 0.15) is 126 Å². The Hall–Kier alpha value is -3.49. The quantitative estimate of drug-likeness (QED) is 0.0880. The molecule has 1 amide bonds. The second kappa shape index (κ2) is 31.5. The number of hydrogen-bond acceptors (Lipinski definition) is 16. The van der Waals surface area contributed by atoms with Crippen LogP contribution < -0.4 is 0 Å². The van der Waals surface area contributed by atoms with Crippen LogP contribution in [0.5, 0.6) is 0 Å². The molecule has 0 aromatic heterocycles. The lowest BCUT2D eigenvalue weighted by Crippen LogP contribution is -2.61. The van der Waals surface area contributed by atoms with Crippen LogP contribution >= 0.6 is 0 Å². The highest BCUT2D eigenvalue weighted by molar-refractivity contribution is 6.39.